The van der Waals surface area contributed by atoms with Gasteiger partial charge in [0.2, 0.25) is 0 Å². The van der Waals surface area contributed by atoms with Crippen molar-refractivity contribution in [3.8, 4) is 11.1 Å². The van der Waals surface area contributed by atoms with Crippen LogP contribution in [0.25, 0.3) is 22.1 Å². The zero-order valence-corrected chi connectivity index (χ0v) is 18.0. The van der Waals surface area contributed by atoms with Crippen molar-refractivity contribution in [2.24, 2.45) is 0 Å². The zero-order valence-electron chi connectivity index (χ0n) is 18.0. The number of hydrogen-bond acceptors (Lipinski definition) is 5. The quantitative estimate of drug-likeness (QED) is 0.471. The molecular weight excluding hydrogens is 390 g/mol. The number of nitrogens with zero attached hydrogens (tertiary/aromatic N) is 2. The molecule has 0 saturated carbocycles. The smallest absolute Gasteiger partial charge is 0.344 e. The average molecular weight is 420 g/mol. The van der Waals surface area contributed by atoms with Crippen LogP contribution in [-0.4, -0.2) is 61.5 Å². The summed E-state index contributed by atoms with van der Waals surface area (Å²) in [6.07, 6.45) is 0.922. The fourth-order valence-corrected chi connectivity index (χ4v) is 4.03. The highest BCUT2D eigenvalue weighted by atomic mass is 16.4. The number of fused-ring (bicyclic) bond motifs is 1. The minimum atomic E-state index is -0.403. The van der Waals surface area contributed by atoms with E-state index in [0.717, 1.165) is 51.1 Å². The van der Waals surface area contributed by atoms with Gasteiger partial charge in [-0.25, -0.2) is 4.79 Å². The fraction of sp³-hybridized carbons (Fsp3) is 0.360. The summed E-state index contributed by atoms with van der Waals surface area (Å²) in [5.41, 5.74) is 1.84. The fourth-order valence-electron chi connectivity index (χ4n) is 4.03. The molecule has 0 aliphatic carbocycles. The second-order valence-electron chi connectivity index (χ2n) is 7.95. The normalized spacial score (nSPS) is 15.3. The van der Waals surface area contributed by atoms with Crippen LogP contribution in [0.3, 0.4) is 0 Å². The molecule has 1 aliphatic heterocycles. The molecule has 0 atom stereocenters. The molecule has 1 saturated heterocycles. The second kappa shape index (κ2) is 9.90. The molecule has 1 fully saturated rings. The van der Waals surface area contributed by atoms with E-state index in [1.54, 1.807) is 24.3 Å². The molecule has 162 valence electrons. The summed E-state index contributed by atoms with van der Waals surface area (Å²) in [5.74, 6) is -0.122. The lowest BCUT2D eigenvalue weighted by molar-refractivity contribution is 0.0948. The van der Waals surface area contributed by atoms with E-state index in [1.807, 2.05) is 30.3 Å². The Hall–Kier alpha value is -2.96. The minimum absolute atomic E-state index is 0.122. The predicted octanol–water partition coefficient (Wildman–Crippen LogP) is 3.22. The summed E-state index contributed by atoms with van der Waals surface area (Å²) < 4.78 is 5.43. The lowest BCUT2D eigenvalue weighted by atomic mass is 10.0. The molecule has 4 rings (SSSR count). The van der Waals surface area contributed by atoms with E-state index in [4.69, 9.17) is 4.42 Å². The molecule has 2 aromatic carbocycles. The summed E-state index contributed by atoms with van der Waals surface area (Å²) in [4.78, 5) is 30.0. The Kier molecular flexibility index (Phi) is 6.79. The molecule has 2 heterocycles. The van der Waals surface area contributed by atoms with Gasteiger partial charge in [-0.3, -0.25) is 4.79 Å². The summed E-state index contributed by atoms with van der Waals surface area (Å²) >= 11 is 0. The highest BCUT2D eigenvalue weighted by Crippen LogP contribution is 2.22. The van der Waals surface area contributed by atoms with Crippen LogP contribution in [0.5, 0.6) is 0 Å². The Morgan fingerprint density at radius 2 is 1.77 bits per heavy atom. The maximum absolute atomic E-state index is 12.6. The van der Waals surface area contributed by atoms with Gasteiger partial charge in [-0.2, -0.15) is 0 Å². The molecule has 0 spiro atoms. The standard InChI is InChI=1S/C25H29N3O3/c1-2-27-13-15-28(16-14-27)12-6-11-26-24(29)21-9-5-8-19(17-21)22-18-20-7-3-4-10-23(20)31-25(22)30/h3-5,7-10,17-18H,2,6,11-16H2,1H3,(H,26,29). The molecule has 6 heteroatoms. The van der Waals surface area contributed by atoms with E-state index in [-0.39, 0.29) is 5.91 Å². The van der Waals surface area contributed by atoms with Crippen LogP contribution in [0.2, 0.25) is 0 Å². The third-order valence-corrected chi connectivity index (χ3v) is 5.93. The van der Waals surface area contributed by atoms with Crippen LogP contribution in [0.1, 0.15) is 23.7 Å². The van der Waals surface area contributed by atoms with Gasteiger partial charge in [-0.1, -0.05) is 37.3 Å². The van der Waals surface area contributed by atoms with Crippen LogP contribution < -0.4 is 10.9 Å². The van der Waals surface area contributed by atoms with Gasteiger partial charge in [0.25, 0.3) is 5.91 Å². The number of piperazine rings is 1. The molecule has 0 radical (unpaired) electrons. The maximum atomic E-state index is 12.6. The van der Waals surface area contributed by atoms with Gasteiger partial charge in [0.15, 0.2) is 0 Å². The number of likely N-dealkylation sites (N-methyl/N-ethyl adjacent to an activating group) is 1. The van der Waals surface area contributed by atoms with Gasteiger partial charge in [0.1, 0.15) is 5.58 Å². The first-order valence-electron chi connectivity index (χ1n) is 11.0. The SMILES string of the molecule is CCN1CCN(CCCNC(=O)c2cccc(-c3cc4ccccc4oc3=O)c2)CC1. The summed E-state index contributed by atoms with van der Waals surface area (Å²) in [7, 11) is 0. The van der Waals surface area contributed by atoms with Crippen molar-refractivity contribution in [3.05, 3.63) is 70.6 Å². The van der Waals surface area contributed by atoms with Crippen molar-refractivity contribution in [1.82, 2.24) is 15.1 Å². The van der Waals surface area contributed by atoms with Crippen LogP contribution in [0.15, 0.2) is 63.8 Å². The zero-order chi connectivity index (χ0) is 21.6. The van der Waals surface area contributed by atoms with E-state index in [2.05, 4.69) is 22.0 Å². The molecule has 6 nitrogen and oxygen atoms in total. The number of benzene rings is 2. The summed E-state index contributed by atoms with van der Waals surface area (Å²) in [5, 5.41) is 3.86. The number of para-hydroxylation sites is 1. The highest BCUT2D eigenvalue weighted by molar-refractivity contribution is 5.95. The second-order valence-corrected chi connectivity index (χ2v) is 7.95. The first-order valence-corrected chi connectivity index (χ1v) is 11.0. The number of carbonyl (C=O) groups is 1. The Morgan fingerprint density at radius 3 is 2.58 bits per heavy atom. The topological polar surface area (TPSA) is 65.8 Å². The third kappa shape index (κ3) is 5.21. The van der Waals surface area contributed by atoms with Crippen molar-refractivity contribution >= 4 is 16.9 Å². The van der Waals surface area contributed by atoms with Crippen LogP contribution in [-0.2, 0) is 0 Å². The van der Waals surface area contributed by atoms with Gasteiger partial charge in [0, 0.05) is 43.7 Å². The molecular formula is C25H29N3O3. The summed E-state index contributed by atoms with van der Waals surface area (Å²) in [6, 6.07) is 16.4. The monoisotopic (exact) mass is 419 g/mol. The van der Waals surface area contributed by atoms with E-state index in [1.165, 1.54) is 0 Å². The Labute approximate surface area is 182 Å². The molecule has 0 unspecified atom stereocenters. The largest absolute Gasteiger partial charge is 0.422 e. The minimum Gasteiger partial charge on any atom is -0.422 e. The van der Waals surface area contributed by atoms with Gasteiger partial charge in [-0.05, 0) is 49.3 Å². The van der Waals surface area contributed by atoms with Crippen LogP contribution in [0, 0.1) is 0 Å². The van der Waals surface area contributed by atoms with Crippen molar-refractivity contribution in [3.63, 3.8) is 0 Å². The molecule has 1 aliphatic rings. The lowest BCUT2D eigenvalue weighted by Crippen LogP contribution is -2.46. The lowest BCUT2D eigenvalue weighted by Gasteiger charge is -2.33. The van der Waals surface area contributed by atoms with Crippen LogP contribution in [0.4, 0.5) is 0 Å². The molecule has 0 bridgehead atoms. The number of carbonyl (C=O) groups excluding carboxylic acids is 1. The number of hydrogen-bond donors (Lipinski definition) is 1. The summed E-state index contributed by atoms with van der Waals surface area (Å²) in [6.45, 7) is 9.38. The Morgan fingerprint density at radius 1 is 1.00 bits per heavy atom. The van der Waals surface area contributed by atoms with Crippen molar-refractivity contribution in [2.45, 2.75) is 13.3 Å². The predicted molar refractivity (Wildman–Crippen MR) is 123 cm³/mol. The Bertz CT molecular complexity index is 1100. The molecule has 1 aromatic heterocycles. The van der Waals surface area contributed by atoms with Gasteiger partial charge >= 0.3 is 5.63 Å². The van der Waals surface area contributed by atoms with Crippen LogP contribution >= 0.6 is 0 Å². The molecule has 3 aromatic rings. The van der Waals surface area contributed by atoms with Crippen molar-refractivity contribution in [2.75, 3.05) is 45.8 Å². The van der Waals surface area contributed by atoms with E-state index < -0.39 is 5.63 Å². The average Bonchev–Trinajstić information content (AvgIpc) is 2.81. The molecule has 31 heavy (non-hydrogen) atoms. The number of nitrogens with one attached hydrogen (secondary N) is 1. The maximum Gasteiger partial charge on any atom is 0.344 e. The van der Waals surface area contributed by atoms with E-state index >= 15 is 0 Å². The van der Waals surface area contributed by atoms with E-state index in [9.17, 15) is 9.59 Å². The number of rotatable bonds is 7. The highest BCUT2D eigenvalue weighted by Gasteiger charge is 2.15. The number of amides is 1. The van der Waals surface area contributed by atoms with E-state index in [0.29, 0.717) is 28.8 Å². The third-order valence-electron chi connectivity index (χ3n) is 5.93. The molecule has 1 amide bonds. The molecule has 1 N–H and O–H groups in total. The first kappa shape index (κ1) is 21.3. The van der Waals surface area contributed by atoms with Crippen molar-refractivity contribution < 1.29 is 9.21 Å². The van der Waals surface area contributed by atoms with Gasteiger partial charge < -0.3 is 19.5 Å². The van der Waals surface area contributed by atoms with Gasteiger partial charge in [-0.15, -0.1) is 0 Å². The van der Waals surface area contributed by atoms with Gasteiger partial charge in [0.05, 0.1) is 5.56 Å². The van der Waals surface area contributed by atoms with Crippen molar-refractivity contribution in [1.29, 1.82) is 0 Å². The first-order chi connectivity index (χ1) is 15.1. The Balaban J connectivity index is 1.35.